The van der Waals surface area contributed by atoms with Crippen molar-refractivity contribution in [1.82, 2.24) is 0 Å². The second-order valence-corrected chi connectivity index (χ2v) is 67.7. The second kappa shape index (κ2) is 0.933. The van der Waals surface area contributed by atoms with Crippen molar-refractivity contribution in [2.75, 3.05) is 0 Å². The molecule has 12 aliphatic rings. The zero-order valence-corrected chi connectivity index (χ0v) is 16.3. The van der Waals surface area contributed by atoms with E-state index in [1.807, 2.05) is 11.1 Å². The van der Waals surface area contributed by atoms with Crippen molar-refractivity contribution < 1.29 is 11.4 Å². The van der Waals surface area contributed by atoms with Crippen LogP contribution in [0.5, 0.6) is 0 Å². The molecule has 1 heteroatoms. The summed E-state index contributed by atoms with van der Waals surface area (Å²) in [6.45, 7) is 5.83. The van der Waals surface area contributed by atoms with E-state index in [1.54, 1.807) is 0 Å². The molecular formula is C22H22Zr. The molecule has 0 aromatic rings. The second-order valence-electron chi connectivity index (χ2n) is 16.3. The van der Waals surface area contributed by atoms with Crippen molar-refractivity contribution in [2.24, 2.45) is 0 Å². The van der Waals surface area contributed by atoms with Crippen molar-refractivity contribution in [3.8, 4) is 0 Å². The molecule has 5 unspecified atom stereocenters. The fourth-order valence-corrected chi connectivity index (χ4v) is 269. The van der Waals surface area contributed by atoms with Gasteiger partial charge in [-0.3, -0.25) is 0 Å². The number of rotatable bonds is 2. The zero-order chi connectivity index (χ0) is 14.6. The van der Waals surface area contributed by atoms with Gasteiger partial charge in [0.1, 0.15) is 0 Å². The average molecular weight is 378 g/mol. The van der Waals surface area contributed by atoms with Gasteiger partial charge >= 0.3 is 120 Å². The molecule has 2 aliphatic carbocycles. The van der Waals surface area contributed by atoms with Gasteiger partial charge in [0.05, 0.1) is 0 Å². The Morgan fingerprint density at radius 1 is 0.870 bits per heavy atom. The quantitative estimate of drug-likeness (QED) is 0.504. The van der Waals surface area contributed by atoms with Crippen LogP contribution in [0.2, 0.25) is 34.2 Å². The summed E-state index contributed by atoms with van der Waals surface area (Å²) in [5.41, 5.74) is 4.02. The molecule has 0 saturated carbocycles. The van der Waals surface area contributed by atoms with Crippen molar-refractivity contribution in [1.29, 1.82) is 0 Å². The van der Waals surface area contributed by atoms with E-state index in [9.17, 15) is 0 Å². The Morgan fingerprint density at radius 2 is 1.43 bits per heavy atom. The van der Waals surface area contributed by atoms with Crippen molar-refractivity contribution in [3.63, 3.8) is 0 Å². The number of fused-ring (bicyclic) bond motifs is 10. The Labute approximate surface area is 119 Å². The molecule has 0 bridgehead atoms. The third kappa shape index (κ3) is 0.109. The van der Waals surface area contributed by atoms with Crippen molar-refractivity contribution in [3.05, 3.63) is 47.6 Å². The third-order valence-corrected chi connectivity index (χ3v) is 129. The Balaban J connectivity index is 1.49. The number of hydrogen-bond acceptors (Lipinski definition) is 0. The number of hydrogen-bond donors (Lipinski definition) is 0. The first-order chi connectivity index (χ1) is 10.9. The van der Waals surface area contributed by atoms with Gasteiger partial charge in [-0.05, 0) is 0 Å². The van der Waals surface area contributed by atoms with Gasteiger partial charge in [0.2, 0.25) is 0 Å². The summed E-state index contributed by atoms with van der Waals surface area (Å²) < 4.78 is 11.9. The van der Waals surface area contributed by atoms with Gasteiger partial charge in [0.25, 0.3) is 0 Å². The van der Waals surface area contributed by atoms with E-state index in [0.717, 1.165) is 12.5 Å². The van der Waals surface area contributed by atoms with E-state index in [0.29, 0.717) is 0 Å². The first-order valence-electron chi connectivity index (χ1n) is 10.7. The minimum absolute atomic E-state index is 0.858. The van der Waals surface area contributed by atoms with Crippen LogP contribution in [0.25, 0.3) is 0 Å². The van der Waals surface area contributed by atoms with Crippen LogP contribution < -0.4 is 0 Å². The minimum atomic E-state index is -4.11. The van der Waals surface area contributed by atoms with Gasteiger partial charge in [0, 0.05) is 0 Å². The zero-order valence-electron chi connectivity index (χ0n) is 13.8. The summed E-state index contributed by atoms with van der Waals surface area (Å²) in [7, 11) is 0. The predicted molar refractivity (Wildman–Crippen MR) is 88.3 cm³/mol. The maximum absolute atomic E-state index is 4.11. The van der Waals surface area contributed by atoms with E-state index in [1.165, 1.54) is 34.6 Å². The Hall–Kier alpha value is -0.157. The summed E-state index contributed by atoms with van der Waals surface area (Å²) in [5, 5.41) is 0. The molecule has 12 rings (SSSR count). The summed E-state index contributed by atoms with van der Waals surface area (Å²) in [6.07, 6.45) is 17.8. The Bertz CT molecular complexity index is 1420. The van der Waals surface area contributed by atoms with Gasteiger partial charge in [-0.2, -0.15) is 0 Å². The van der Waals surface area contributed by atoms with E-state index >= 15 is 0 Å². The standard InChI is InChI=1S/C17H17.C5H5.Zr/c1-12-11-16(14-7-3-4-8-14)17(13(12)2)15-9-5-6-10-15;1-2-4-5-3-1;/h3-7,9,11H,8,10H2,1-2H3;1-5H;. The molecule has 1 spiro atoms. The van der Waals surface area contributed by atoms with Gasteiger partial charge in [-0.15, -0.1) is 0 Å². The molecule has 0 aromatic heterocycles. The molecule has 10 aliphatic heterocycles. The van der Waals surface area contributed by atoms with Crippen LogP contribution in [0.15, 0.2) is 47.6 Å². The first-order valence-corrected chi connectivity index (χ1v) is 24.1. The molecule has 10 saturated heterocycles. The van der Waals surface area contributed by atoms with Crippen molar-refractivity contribution in [2.45, 2.75) is 60.9 Å². The fourth-order valence-electron chi connectivity index (χ4n) is 32.0. The molecule has 0 aromatic carbocycles. The molecule has 23 heavy (non-hydrogen) atoms. The van der Waals surface area contributed by atoms with E-state index in [-0.39, 0.29) is 0 Å². The summed E-state index contributed by atoms with van der Waals surface area (Å²) in [4.78, 5) is 0. The predicted octanol–water partition coefficient (Wildman–Crippen LogP) is 6.67. The van der Waals surface area contributed by atoms with E-state index in [4.69, 9.17) is 0 Å². The molecule has 114 valence electrons. The van der Waals surface area contributed by atoms with Crippen LogP contribution in [-0.4, -0.2) is 0 Å². The molecule has 10 heterocycles. The molecule has 0 radical (unpaired) electrons. The van der Waals surface area contributed by atoms with Crippen LogP contribution in [0.1, 0.15) is 26.7 Å². The van der Waals surface area contributed by atoms with Crippen LogP contribution in [0.4, 0.5) is 0 Å². The van der Waals surface area contributed by atoms with E-state index < -0.39 is 11.4 Å². The summed E-state index contributed by atoms with van der Waals surface area (Å²) >= 11 is -4.11. The normalized spacial score (nSPS) is 106. The molecule has 5 atom stereocenters. The fraction of sp³-hybridized carbons (Fsp3) is 0.636. The molecule has 0 N–H and O–H groups in total. The van der Waals surface area contributed by atoms with E-state index in [2.05, 4.69) is 50.3 Å². The molecular weight excluding hydrogens is 355 g/mol. The average Bonchev–Trinajstić information content (AvgIpc) is 3.39. The van der Waals surface area contributed by atoms with Crippen LogP contribution in [0.3, 0.4) is 0 Å². The number of allylic oxidation sites excluding steroid dienone is 8. The van der Waals surface area contributed by atoms with Gasteiger partial charge in [0.15, 0.2) is 0 Å². The Kier molecular flexibility index (Phi) is 0.386. The molecule has 0 nitrogen and oxygen atoms in total. The topological polar surface area (TPSA) is 0 Å². The van der Waals surface area contributed by atoms with Gasteiger partial charge in [-0.1, -0.05) is 0 Å². The Morgan fingerprint density at radius 3 is 1.87 bits per heavy atom. The monoisotopic (exact) mass is 376 g/mol. The van der Waals surface area contributed by atoms with Gasteiger partial charge in [-0.25, -0.2) is 0 Å². The summed E-state index contributed by atoms with van der Waals surface area (Å²) in [6, 6.07) is 0. The first kappa shape index (κ1) is 9.52. The summed E-state index contributed by atoms with van der Waals surface area (Å²) in [5.74, 6) is 0. The van der Waals surface area contributed by atoms with Crippen LogP contribution in [-0.2, 0) is 11.4 Å². The maximum atomic E-state index is 2.92. The van der Waals surface area contributed by atoms with Crippen molar-refractivity contribution >= 4 is 0 Å². The van der Waals surface area contributed by atoms with Gasteiger partial charge < -0.3 is 0 Å². The van der Waals surface area contributed by atoms with Crippen LogP contribution >= 0.6 is 0 Å². The third-order valence-electron chi connectivity index (χ3n) is 25.4. The SMILES string of the molecule is C[C]12[CH]3[C]4(C5=CC=CC5)[C]5(C6=CC=CC6)[C]1(C)[Zr]32451678[CH]2[CH]1[CH]6[CH]7[CH]28. The van der Waals surface area contributed by atoms with Crippen LogP contribution in [0, 0.1) is 0 Å². The molecule has 0 amide bonds. The molecule has 10 fully saturated rings.